The molecular weight excluding hydrogens is 404 g/mol. The van der Waals surface area contributed by atoms with E-state index in [1.54, 1.807) is 0 Å². The highest BCUT2D eigenvalue weighted by Gasteiger charge is 2.47. The molecule has 1 aliphatic rings. The summed E-state index contributed by atoms with van der Waals surface area (Å²) in [5.74, 6) is -1.73. The van der Waals surface area contributed by atoms with Gasteiger partial charge in [0, 0.05) is 6.42 Å². The molecule has 4 N–H and O–H groups in total. The van der Waals surface area contributed by atoms with Crippen molar-refractivity contribution in [3.63, 3.8) is 0 Å². The molecule has 0 amide bonds. The number of aliphatic hydroxyl groups is 4. The molecule has 0 spiro atoms. The van der Waals surface area contributed by atoms with E-state index < -0.39 is 24.1 Å². The molecule has 4 atom stereocenters. The van der Waals surface area contributed by atoms with Crippen molar-refractivity contribution in [2.45, 2.75) is 166 Å². The van der Waals surface area contributed by atoms with Crippen LogP contribution in [0.3, 0.4) is 0 Å². The minimum absolute atomic E-state index is 0.145. The van der Waals surface area contributed by atoms with Crippen molar-refractivity contribution in [2.75, 3.05) is 6.61 Å². The molecule has 0 bridgehead atoms. The third-order valence-corrected chi connectivity index (χ3v) is 7.07. The lowest BCUT2D eigenvalue weighted by Gasteiger charge is -2.41. The van der Waals surface area contributed by atoms with E-state index >= 15 is 0 Å². The Morgan fingerprint density at radius 1 is 0.594 bits per heavy atom. The van der Waals surface area contributed by atoms with Gasteiger partial charge in [-0.2, -0.15) is 0 Å². The van der Waals surface area contributed by atoms with Gasteiger partial charge >= 0.3 is 0 Å². The molecule has 1 saturated heterocycles. The lowest BCUT2D eigenvalue weighted by Crippen LogP contribution is -2.60. The maximum atomic E-state index is 10.3. The number of unbranched alkanes of at least 4 members (excludes halogenated alkanes) is 19. The summed E-state index contributed by atoms with van der Waals surface area (Å²) in [7, 11) is 0. The first-order valence-corrected chi connectivity index (χ1v) is 13.9. The Morgan fingerprint density at radius 3 is 1.31 bits per heavy atom. The molecule has 0 aliphatic carbocycles. The van der Waals surface area contributed by atoms with Crippen molar-refractivity contribution in [1.29, 1.82) is 0 Å². The zero-order chi connectivity index (χ0) is 23.5. The zero-order valence-corrected chi connectivity index (χ0v) is 21.0. The first kappa shape index (κ1) is 29.8. The average molecular weight is 459 g/mol. The number of rotatable bonds is 21. The highest BCUT2D eigenvalue weighted by molar-refractivity contribution is 4.91. The second-order valence-corrected chi connectivity index (χ2v) is 10.1. The van der Waals surface area contributed by atoms with E-state index in [0.717, 1.165) is 19.3 Å². The number of ether oxygens (including phenoxy) is 1. The quantitative estimate of drug-likeness (QED) is 0.158. The SMILES string of the molecule is CCCCCCCCCCCCCCCCCCCCCC[C@@]1(O)OC[C@@H](O)[C@H](O)[C@H]1O. The molecule has 192 valence electrons. The Kier molecular flexibility index (Phi) is 17.8. The van der Waals surface area contributed by atoms with E-state index in [-0.39, 0.29) is 13.0 Å². The van der Waals surface area contributed by atoms with Crippen LogP contribution >= 0.6 is 0 Å². The monoisotopic (exact) mass is 458 g/mol. The lowest BCUT2D eigenvalue weighted by atomic mass is 9.92. The zero-order valence-electron chi connectivity index (χ0n) is 21.0. The molecule has 0 unspecified atom stereocenters. The van der Waals surface area contributed by atoms with Crippen LogP contribution in [0.25, 0.3) is 0 Å². The molecule has 1 aliphatic heterocycles. The molecule has 0 aromatic rings. The minimum atomic E-state index is -1.73. The first-order chi connectivity index (χ1) is 15.5. The molecule has 0 aromatic heterocycles. The third-order valence-electron chi connectivity index (χ3n) is 7.07. The van der Waals surface area contributed by atoms with Crippen molar-refractivity contribution in [2.24, 2.45) is 0 Å². The van der Waals surface area contributed by atoms with Gasteiger partial charge in [0.15, 0.2) is 5.79 Å². The maximum Gasteiger partial charge on any atom is 0.194 e. The van der Waals surface area contributed by atoms with E-state index in [1.807, 2.05) is 0 Å². The summed E-state index contributed by atoms with van der Waals surface area (Å²) >= 11 is 0. The predicted molar refractivity (Wildman–Crippen MR) is 132 cm³/mol. The van der Waals surface area contributed by atoms with Crippen LogP contribution in [0, 0.1) is 0 Å². The molecule has 0 radical (unpaired) electrons. The number of hydrogen-bond acceptors (Lipinski definition) is 5. The summed E-state index contributed by atoms with van der Waals surface area (Å²) in [6, 6.07) is 0. The Labute approximate surface area is 198 Å². The molecule has 1 heterocycles. The van der Waals surface area contributed by atoms with Gasteiger partial charge in [-0.15, -0.1) is 0 Å². The van der Waals surface area contributed by atoms with Crippen molar-refractivity contribution < 1.29 is 25.2 Å². The second kappa shape index (κ2) is 19.1. The Morgan fingerprint density at radius 2 is 0.938 bits per heavy atom. The number of hydrogen-bond donors (Lipinski definition) is 4. The highest BCUT2D eigenvalue weighted by Crippen LogP contribution is 2.29. The van der Waals surface area contributed by atoms with Gasteiger partial charge in [0.2, 0.25) is 0 Å². The van der Waals surface area contributed by atoms with E-state index in [2.05, 4.69) is 6.92 Å². The molecular formula is C27H54O5. The van der Waals surface area contributed by atoms with Crippen LogP contribution in [0.5, 0.6) is 0 Å². The summed E-state index contributed by atoms with van der Waals surface area (Å²) in [5, 5.41) is 39.5. The second-order valence-electron chi connectivity index (χ2n) is 10.1. The van der Waals surface area contributed by atoms with Gasteiger partial charge in [0.25, 0.3) is 0 Å². The smallest absolute Gasteiger partial charge is 0.194 e. The molecule has 5 heteroatoms. The van der Waals surface area contributed by atoms with Gasteiger partial charge < -0.3 is 25.2 Å². The van der Waals surface area contributed by atoms with Crippen molar-refractivity contribution >= 4 is 0 Å². The normalized spacial score (nSPS) is 26.0. The fourth-order valence-electron chi connectivity index (χ4n) is 4.74. The van der Waals surface area contributed by atoms with Crippen LogP contribution in [0.15, 0.2) is 0 Å². The fourth-order valence-corrected chi connectivity index (χ4v) is 4.74. The molecule has 0 aromatic carbocycles. The Hall–Kier alpha value is -0.200. The van der Waals surface area contributed by atoms with Crippen LogP contribution in [0.4, 0.5) is 0 Å². The van der Waals surface area contributed by atoms with Gasteiger partial charge in [-0.05, 0) is 6.42 Å². The third kappa shape index (κ3) is 13.5. The molecule has 5 nitrogen and oxygen atoms in total. The summed E-state index contributed by atoms with van der Waals surface area (Å²) in [4.78, 5) is 0. The van der Waals surface area contributed by atoms with Crippen LogP contribution in [-0.2, 0) is 4.74 Å². The average Bonchev–Trinajstić information content (AvgIpc) is 2.79. The number of aliphatic hydroxyl groups excluding tert-OH is 3. The summed E-state index contributed by atoms with van der Waals surface area (Å²) < 4.78 is 5.20. The van der Waals surface area contributed by atoms with Crippen LogP contribution in [0.2, 0.25) is 0 Å². The van der Waals surface area contributed by atoms with E-state index in [0.29, 0.717) is 0 Å². The van der Waals surface area contributed by atoms with Crippen LogP contribution in [-0.4, -0.2) is 51.1 Å². The van der Waals surface area contributed by atoms with E-state index in [4.69, 9.17) is 4.74 Å². The van der Waals surface area contributed by atoms with Crippen LogP contribution in [0.1, 0.15) is 142 Å². The van der Waals surface area contributed by atoms with Gasteiger partial charge in [-0.3, -0.25) is 0 Å². The van der Waals surface area contributed by atoms with Gasteiger partial charge in [0.1, 0.15) is 18.3 Å². The standard InChI is InChI=1S/C27H54O5/c1-2-3-4-5-6-7-8-9-10-11-12-13-14-15-16-17-18-19-20-21-22-27(31)26(30)25(29)24(28)23-32-27/h24-26,28-31H,2-23H2,1H3/t24-,25+,26-,27-/m1/s1. The minimum Gasteiger partial charge on any atom is -0.388 e. The summed E-state index contributed by atoms with van der Waals surface area (Å²) in [5.41, 5.74) is 0. The first-order valence-electron chi connectivity index (χ1n) is 13.9. The highest BCUT2D eigenvalue weighted by atomic mass is 16.6. The van der Waals surface area contributed by atoms with Crippen molar-refractivity contribution in [1.82, 2.24) is 0 Å². The van der Waals surface area contributed by atoms with E-state index in [9.17, 15) is 20.4 Å². The lowest BCUT2D eigenvalue weighted by molar-refractivity contribution is -0.323. The molecule has 1 fully saturated rings. The molecule has 32 heavy (non-hydrogen) atoms. The predicted octanol–water partition coefficient (Wildman–Crippen LogP) is 6.00. The van der Waals surface area contributed by atoms with Gasteiger partial charge in [-0.25, -0.2) is 0 Å². The molecule has 0 saturated carbocycles. The Bertz CT molecular complexity index is 419. The molecule has 1 rings (SSSR count). The largest absolute Gasteiger partial charge is 0.388 e. The van der Waals surface area contributed by atoms with Crippen LogP contribution < -0.4 is 0 Å². The Balaban J connectivity index is 1.79. The fraction of sp³-hybridized carbons (Fsp3) is 1.00. The summed E-state index contributed by atoms with van der Waals surface area (Å²) in [6.45, 7) is 2.13. The topological polar surface area (TPSA) is 90.2 Å². The summed E-state index contributed by atoms with van der Waals surface area (Å²) in [6.07, 6.45) is 22.7. The van der Waals surface area contributed by atoms with E-state index in [1.165, 1.54) is 109 Å². The van der Waals surface area contributed by atoms with Gasteiger partial charge in [-0.1, -0.05) is 129 Å². The van der Waals surface area contributed by atoms with Crippen molar-refractivity contribution in [3.8, 4) is 0 Å². The van der Waals surface area contributed by atoms with Crippen molar-refractivity contribution in [3.05, 3.63) is 0 Å². The van der Waals surface area contributed by atoms with Gasteiger partial charge in [0.05, 0.1) is 6.61 Å². The maximum absolute atomic E-state index is 10.3.